The number of benzene rings is 2. The molecule has 2 aromatic carbocycles. The van der Waals surface area contributed by atoms with Crippen LogP contribution in [0.3, 0.4) is 0 Å². The molecule has 0 saturated carbocycles. The molecule has 1 fully saturated rings. The minimum Gasteiger partial charge on any atom is -0.348 e. The van der Waals surface area contributed by atoms with Gasteiger partial charge in [-0.25, -0.2) is 0 Å². The largest absolute Gasteiger partial charge is 0.348 e. The lowest BCUT2D eigenvalue weighted by Gasteiger charge is -2.32. The average molecular weight is 457 g/mol. The zero-order valence-corrected chi connectivity index (χ0v) is 19.1. The number of carbonyl (C=O) groups excluding carboxylic acids is 2. The molecule has 3 rings (SSSR count). The van der Waals surface area contributed by atoms with Crippen molar-refractivity contribution in [1.82, 2.24) is 10.2 Å². The fourth-order valence-corrected chi connectivity index (χ4v) is 4.43. The van der Waals surface area contributed by atoms with E-state index in [1.165, 1.54) is 28.7 Å². The van der Waals surface area contributed by atoms with Crippen molar-refractivity contribution in [2.75, 3.05) is 31.2 Å². The van der Waals surface area contributed by atoms with Crippen LogP contribution < -0.4 is 10.6 Å². The lowest BCUT2D eigenvalue weighted by Crippen LogP contribution is -2.41. The number of aryl methyl sites for hydroxylation is 1. The highest BCUT2D eigenvalue weighted by Gasteiger charge is 2.22. The van der Waals surface area contributed by atoms with Crippen molar-refractivity contribution in [2.45, 2.75) is 31.2 Å². The highest BCUT2D eigenvalue weighted by Crippen LogP contribution is 2.24. The number of likely N-dealkylation sites (tertiary alicyclic amines) is 1. The van der Waals surface area contributed by atoms with Crippen LogP contribution in [-0.4, -0.2) is 47.5 Å². The summed E-state index contributed by atoms with van der Waals surface area (Å²) in [6, 6.07) is 12.5. The van der Waals surface area contributed by atoms with E-state index in [2.05, 4.69) is 46.1 Å². The Labute approximate surface area is 191 Å². The van der Waals surface area contributed by atoms with Crippen LogP contribution in [0.25, 0.3) is 0 Å². The molecule has 0 spiro atoms. The maximum Gasteiger partial charge on any atom is 0.313 e. The van der Waals surface area contributed by atoms with Crippen LogP contribution in [0.5, 0.6) is 0 Å². The van der Waals surface area contributed by atoms with Gasteiger partial charge >= 0.3 is 11.8 Å². The number of non-ortho nitro benzene ring substituents is 1. The van der Waals surface area contributed by atoms with E-state index in [9.17, 15) is 19.7 Å². The van der Waals surface area contributed by atoms with Crippen molar-refractivity contribution >= 4 is 35.0 Å². The molecular formula is C23H28N4O4S. The van der Waals surface area contributed by atoms with E-state index in [1.807, 2.05) is 0 Å². The third-order valence-electron chi connectivity index (χ3n) is 5.72. The molecule has 2 N–H and O–H groups in total. The first kappa shape index (κ1) is 23.7. The standard InChI is InChI=1S/C23H28N4O4S/c1-16-13-19(27(30)31)7-8-20(16)25-23(29)22(28)24-14-17-9-11-26(12-10-17)15-18-5-3-4-6-21(18)32-2/h3-8,13,17H,9-12,14-15H2,1-2H3,(H,24,28)(H,25,29). The Kier molecular flexibility index (Phi) is 8.24. The monoisotopic (exact) mass is 456 g/mol. The second-order valence-electron chi connectivity index (χ2n) is 7.95. The molecule has 0 unspecified atom stereocenters. The van der Waals surface area contributed by atoms with Crippen molar-refractivity contribution in [2.24, 2.45) is 5.92 Å². The fraction of sp³-hybridized carbons (Fsp3) is 0.391. The molecule has 1 aliphatic heterocycles. The smallest absolute Gasteiger partial charge is 0.313 e. The summed E-state index contributed by atoms with van der Waals surface area (Å²) in [7, 11) is 0. The highest BCUT2D eigenvalue weighted by atomic mass is 32.2. The van der Waals surface area contributed by atoms with Crippen molar-refractivity contribution < 1.29 is 14.5 Å². The van der Waals surface area contributed by atoms with Crippen LogP contribution in [0.4, 0.5) is 11.4 Å². The molecule has 32 heavy (non-hydrogen) atoms. The highest BCUT2D eigenvalue weighted by molar-refractivity contribution is 7.98. The Bertz CT molecular complexity index is 990. The van der Waals surface area contributed by atoms with Gasteiger partial charge in [0.15, 0.2) is 0 Å². The van der Waals surface area contributed by atoms with Gasteiger partial charge in [0.05, 0.1) is 4.92 Å². The Morgan fingerprint density at radius 2 is 1.88 bits per heavy atom. The zero-order valence-electron chi connectivity index (χ0n) is 18.3. The number of thioether (sulfide) groups is 1. The number of nitrogens with zero attached hydrogens (tertiary/aromatic N) is 2. The number of rotatable bonds is 7. The lowest BCUT2D eigenvalue weighted by atomic mass is 9.96. The molecule has 2 aromatic rings. The summed E-state index contributed by atoms with van der Waals surface area (Å²) in [6.45, 7) is 4.94. The summed E-state index contributed by atoms with van der Waals surface area (Å²) in [4.78, 5) is 38.5. The number of hydrogen-bond donors (Lipinski definition) is 2. The van der Waals surface area contributed by atoms with Gasteiger partial charge in [0.25, 0.3) is 5.69 Å². The minimum atomic E-state index is -0.770. The summed E-state index contributed by atoms with van der Waals surface area (Å²) < 4.78 is 0. The Hall–Kier alpha value is -2.91. The summed E-state index contributed by atoms with van der Waals surface area (Å²) in [5.74, 6) is -1.13. The summed E-state index contributed by atoms with van der Waals surface area (Å²) >= 11 is 1.76. The predicted octanol–water partition coefficient (Wildman–Crippen LogP) is 3.59. The van der Waals surface area contributed by atoms with Gasteiger partial charge in [-0.3, -0.25) is 24.6 Å². The number of nitro groups is 1. The SMILES string of the molecule is CSc1ccccc1CN1CCC(CNC(=O)C(=O)Nc2ccc([N+](=O)[O-])cc2C)CC1. The van der Waals surface area contributed by atoms with E-state index in [1.54, 1.807) is 18.7 Å². The van der Waals surface area contributed by atoms with Gasteiger partial charge in [-0.05, 0) is 68.3 Å². The average Bonchev–Trinajstić information content (AvgIpc) is 2.79. The normalized spacial score (nSPS) is 14.7. The molecule has 9 heteroatoms. The molecule has 1 saturated heterocycles. The Morgan fingerprint density at radius 3 is 2.53 bits per heavy atom. The minimum absolute atomic E-state index is 0.0618. The van der Waals surface area contributed by atoms with Crippen molar-refractivity contribution in [1.29, 1.82) is 0 Å². The maximum absolute atomic E-state index is 12.2. The number of amides is 2. The van der Waals surface area contributed by atoms with Crippen molar-refractivity contribution in [3.05, 3.63) is 63.7 Å². The molecule has 0 aromatic heterocycles. The van der Waals surface area contributed by atoms with Gasteiger partial charge in [0.2, 0.25) is 0 Å². The van der Waals surface area contributed by atoms with Crippen LogP contribution in [-0.2, 0) is 16.1 Å². The second-order valence-corrected chi connectivity index (χ2v) is 8.80. The first-order valence-electron chi connectivity index (χ1n) is 10.6. The summed E-state index contributed by atoms with van der Waals surface area (Å²) in [6.07, 6.45) is 4.02. The summed E-state index contributed by atoms with van der Waals surface area (Å²) in [5, 5.41) is 16.1. The van der Waals surface area contributed by atoms with E-state index in [4.69, 9.17) is 0 Å². The number of nitrogens with one attached hydrogen (secondary N) is 2. The molecule has 0 bridgehead atoms. The zero-order chi connectivity index (χ0) is 23.1. The van der Waals surface area contributed by atoms with Gasteiger partial charge in [-0.15, -0.1) is 11.8 Å². The summed E-state index contributed by atoms with van der Waals surface area (Å²) in [5.41, 5.74) is 2.18. The van der Waals surface area contributed by atoms with E-state index >= 15 is 0 Å². The lowest BCUT2D eigenvalue weighted by molar-refractivity contribution is -0.384. The number of hydrogen-bond acceptors (Lipinski definition) is 6. The number of nitro benzene ring substituents is 1. The topological polar surface area (TPSA) is 105 Å². The third-order valence-corrected chi connectivity index (χ3v) is 6.56. The van der Waals surface area contributed by atoms with E-state index in [0.717, 1.165) is 32.5 Å². The Balaban J connectivity index is 1.43. The number of piperidine rings is 1. The van der Waals surface area contributed by atoms with Crippen LogP contribution >= 0.6 is 11.8 Å². The third kappa shape index (κ3) is 6.30. The number of anilines is 1. The van der Waals surface area contributed by atoms with Gasteiger partial charge in [0.1, 0.15) is 0 Å². The van der Waals surface area contributed by atoms with E-state index in [-0.39, 0.29) is 5.69 Å². The van der Waals surface area contributed by atoms with E-state index in [0.29, 0.717) is 23.7 Å². The quantitative estimate of drug-likeness (QED) is 0.286. The van der Waals surface area contributed by atoms with Crippen LogP contribution in [0.1, 0.15) is 24.0 Å². The molecule has 0 radical (unpaired) electrons. The van der Waals surface area contributed by atoms with Crippen molar-refractivity contribution in [3.63, 3.8) is 0 Å². The van der Waals surface area contributed by atoms with Crippen LogP contribution in [0.2, 0.25) is 0 Å². The predicted molar refractivity (Wildman–Crippen MR) is 126 cm³/mol. The first-order valence-corrected chi connectivity index (χ1v) is 11.8. The molecule has 0 aliphatic carbocycles. The van der Waals surface area contributed by atoms with Gasteiger partial charge in [-0.2, -0.15) is 0 Å². The molecule has 0 atom stereocenters. The Morgan fingerprint density at radius 1 is 1.16 bits per heavy atom. The molecule has 1 heterocycles. The van der Waals surface area contributed by atoms with Gasteiger partial charge in [-0.1, -0.05) is 18.2 Å². The van der Waals surface area contributed by atoms with Gasteiger partial charge < -0.3 is 10.6 Å². The first-order chi connectivity index (χ1) is 15.4. The molecule has 170 valence electrons. The van der Waals surface area contributed by atoms with Crippen molar-refractivity contribution in [3.8, 4) is 0 Å². The van der Waals surface area contributed by atoms with E-state index < -0.39 is 16.7 Å². The van der Waals surface area contributed by atoms with Gasteiger partial charge in [0, 0.05) is 35.8 Å². The fourth-order valence-electron chi connectivity index (χ4n) is 3.82. The molecule has 1 aliphatic rings. The molecule has 8 nitrogen and oxygen atoms in total. The maximum atomic E-state index is 12.2. The second kappa shape index (κ2) is 11.1. The van der Waals surface area contributed by atoms with Crippen LogP contribution in [0, 0.1) is 23.0 Å². The number of carbonyl (C=O) groups is 2. The molecule has 2 amide bonds. The van der Waals surface area contributed by atoms with Crippen LogP contribution in [0.15, 0.2) is 47.4 Å². The molecular weight excluding hydrogens is 428 g/mol.